The van der Waals surface area contributed by atoms with Gasteiger partial charge in [-0.3, -0.25) is 4.79 Å². The number of carbonyl (C=O) groups is 1. The molecule has 0 saturated carbocycles. The second-order valence-electron chi connectivity index (χ2n) is 7.74. The number of aromatic nitrogens is 1. The van der Waals surface area contributed by atoms with E-state index in [0.29, 0.717) is 42.7 Å². The smallest absolute Gasteiger partial charge is 0.244 e. The van der Waals surface area contributed by atoms with Gasteiger partial charge in [0.1, 0.15) is 19.3 Å². The molecule has 3 aromatic rings. The molecule has 0 aliphatic carbocycles. The van der Waals surface area contributed by atoms with Crippen LogP contribution in [0.2, 0.25) is 0 Å². The summed E-state index contributed by atoms with van der Waals surface area (Å²) in [5, 5.41) is 3.31. The summed E-state index contributed by atoms with van der Waals surface area (Å²) >= 11 is 1.39. The topological polar surface area (TPSA) is 97.8 Å². The van der Waals surface area contributed by atoms with Crippen molar-refractivity contribution in [3.63, 3.8) is 0 Å². The van der Waals surface area contributed by atoms with Crippen molar-refractivity contribution in [1.82, 2.24) is 9.29 Å². The van der Waals surface area contributed by atoms with E-state index < -0.39 is 16.1 Å². The second kappa shape index (κ2) is 8.34. The van der Waals surface area contributed by atoms with E-state index >= 15 is 0 Å². The van der Waals surface area contributed by atoms with Crippen molar-refractivity contribution in [2.45, 2.75) is 37.1 Å². The molecule has 2 aliphatic rings. The molecular weight excluding hydrogens is 450 g/mol. The monoisotopic (exact) mass is 473 g/mol. The molecule has 10 heteroatoms. The molecule has 0 bridgehead atoms. The first-order chi connectivity index (χ1) is 15.5. The van der Waals surface area contributed by atoms with Crippen LogP contribution in [0.1, 0.15) is 25.3 Å². The van der Waals surface area contributed by atoms with Crippen LogP contribution in [0.3, 0.4) is 0 Å². The van der Waals surface area contributed by atoms with Crippen molar-refractivity contribution >= 4 is 42.6 Å². The van der Waals surface area contributed by atoms with Gasteiger partial charge in [-0.1, -0.05) is 24.3 Å². The summed E-state index contributed by atoms with van der Waals surface area (Å²) < 4.78 is 39.9. The fourth-order valence-corrected chi connectivity index (χ4v) is 6.65. The Hall–Kier alpha value is -2.69. The standard InChI is InChI=1S/C22H23N3O5S2/c1-2-14-5-7-16-20(12-14)31-22(23-16)24-21(26)17-4-3-9-25(17)32(27,28)15-6-8-18-19(13-15)30-11-10-29-18/h5-8,12-13,17H,2-4,9-11H2,1H3,(H,23,24,26). The molecule has 1 amide bonds. The second-order valence-corrected chi connectivity index (χ2v) is 10.7. The van der Waals surface area contributed by atoms with Gasteiger partial charge in [-0.25, -0.2) is 13.4 Å². The number of nitrogens with one attached hydrogen (secondary N) is 1. The average Bonchev–Trinajstić information content (AvgIpc) is 3.45. The molecule has 2 aromatic carbocycles. The first-order valence-electron chi connectivity index (χ1n) is 10.6. The van der Waals surface area contributed by atoms with Crippen LogP contribution < -0.4 is 14.8 Å². The van der Waals surface area contributed by atoms with Crippen molar-refractivity contribution in [1.29, 1.82) is 0 Å². The maximum atomic E-state index is 13.3. The van der Waals surface area contributed by atoms with Gasteiger partial charge in [0.2, 0.25) is 15.9 Å². The van der Waals surface area contributed by atoms with E-state index in [9.17, 15) is 13.2 Å². The molecule has 0 spiro atoms. The Balaban J connectivity index is 1.37. The lowest BCUT2D eigenvalue weighted by Gasteiger charge is -2.24. The van der Waals surface area contributed by atoms with Gasteiger partial charge in [-0.2, -0.15) is 4.31 Å². The normalized spacial score (nSPS) is 18.7. The molecule has 5 rings (SSSR count). The predicted octanol–water partition coefficient (Wildman–Crippen LogP) is 3.42. The molecule has 1 fully saturated rings. The molecule has 1 aromatic heterocycles. The molecule has 3 heterocycles. The predicted molar refractivity (Wildman–Crippen MR) is 122 cm³/mol. The molecule has 1 N–H and O–H groups in total. The van der Waals surface area contributed by atoms with Gasteiger partial charge < -0.3 is 14.8 Å². The highest BCUT2D eigenvalue weighted by molar-refractivity contribution is 7.89. The zero-order valence-electron chi connectivity index (χ0n) is 17.5. The molecule has 168 valence electrons. The van der Waals surface area contributed by atoms with E-state index in [4.69, 9.17) is 9.47 Å². The average molecular weight is 474 g/mol. The zero-order valence-corrected chi connectivity index (χ0v) is 19.2. The van der Waals surface area contributed by atoms with Crippen molar-refractivity contribution in [3.8, 4) is 11.5 Å². The van der Waals surface area contributed by atoms with Crippen molar-refractivity contribution in [2.24, 2.45) is 0 Å². The van der Waals surface area contributed by atoms with E-state index in [0.717, 1.165) is 16.6 Å². The maximum absolute atomic E-state index is 13.3. The Morgan fingerprint density at radius 3 is 2.81 bits per heavy atom. The number of sulfonamides is 1. The Kier molecular flexibility index (Phi) is 5.52. The Bertz CT molecular complexity index is 1290. The highest BCUT2D eigenvalue weighted by Crippen LogP contribution is 2.35. The van der Waals surface area contributed by atoms with E-state index in [1.165, 1.54) is 33.3 Å². The summed E-state index contributed by atoms with van der Waals surface area (Å²) in [6.45, 7) is 3.17. The number of aryl methyl sites for hydroxylation is 1. The minimum atomic E-state index is -3.87. The third kappa shape index (κ3) is 3.82. The Morgan fingerprint density at radius 2 is 2.00 bits per heavy atom. The number of fused-ring (bicyclic) bond motifs is 2. The molecular formula is C22H23N3O5S2. The lowest BCUT2D eigenvalue weighted by atomic mass is 10.2. The van der Waals surface area contributed by atoms with Gasteiger partial charge >= 0.3 is 0 Å². The lowest BCUT2D eigenvalue weighted by Crippen LogP contribution is -2.43. The fraction of sp³-hybridized carbons (Fsp3) is 0.364. The molecule has 0 radical (unpaired) electrons. The van der Waals surface area contributed by atoms with E-state index in [1.54, 1.807) is 6.07 Å². The van der Waals surface area contributed by atoms with Crippen LogP contribution in [0.5, 0.6) is 11.5 Å². The summed E-state index contributed by atoms with van der Waals surface area (Å²) in [6.07, 6.45) is 1.99. The molecule has 32 heavy (non-hydrogen) atoms. The SMILES string of the molecule is CCc1ccc2nc(NC(=O)C3CCCN3S(=O)(=O)c3ccc4c(c3)OCCO4)sc2c1. The van der Waals surface area contributed by atoms with Crippen molar-refractivity contribution in [2.75, 3.05) is 25.1 Å². The van der Waals surface area contributed by atoms with Crippen LogP contribution in [0.25, 0.3) is 10.2 Å². The lowest BCUT2D eigenvalue weighted by molar-refractivity contribution is -0.119. The minimum Gasteiger partial charge on any atom is -0.486 e. The third-order valence-corrected chi connectivity index (χ3v) is 8.56. The van der Waals surface area contributed by atoms with E-state index in [-0.39, 0.29) is 17.3 Å². The third-order valence-electron chi connectivity index (χ3n) is 5.72. The number of amides is 1. The molecule has 1 atom stereocenters. The molecule has 1 unspecified atom stereocenters. The number of carbonyl (C=O) groups excluding carboxylic acids is 1. The fourth-order valence-electron chi connectivity index (χ4n) is 4.04. The quantitative estimate of drug-likeness (QED) is 0.610. The first-order valence-corrected chi connectivity index (χ1v) is 12.8. The van der Waals surface area contributed by atoms with Crippen LogP contribution in [0.15, 0.2) is 41.3 Å². The number of nitrogens with zero attached hydrogens (tertiary/aromatic N) is 2. The summed E-state index contributed by atoms with van der Waals surface area (Å²) in [6, 6.07) is 9.80. The van der Waals surface area contributed by atoms with E-state index in [1.807, 2.05) is 12.1 Å². The summed E-state index contributed by atoms with van der Waals surface area (Å²) in [7, 11) is -3.87. The van der Waals surface area contributed by atoms with Gasteiger partial charge in [0, 0.05) is 12.6 Å². The summed E-state index contributed by atoms with van der Waals surface area (Å²) in [4.78, 5) is 17.6. The van der Waals surface area contributed by atoms with Gasteiger partial charge in [0.25, 0.3) is 0 Å². The highest BCUT2D eigenvalue weighted by atomic mass is 32.2. The number of benzene rings is 2. The van der Waals surface area contributed by atoms with Crippen LogP contribution in [0.4, 0.5) is 5.13 Å². The number of hydrogen-bond acceptors (Lipinski definition) is 7. The number of hydrogen-bond donors (Lipinski definition) is 1. The number of thiazole rings is 1. The number of anilines is 1. The van der Waals surface area contributed by atoms with Crippen molar-refractivity contribution in [3.05, 3.63) is 42.0 Å². The molecule has 2 aliphatic heterocycles. The van der Waals surface area contributed by atoms with Crippen LogP contribution in [-0.2, 0) is 21.2 Å². The van der Waals surface area contributed by atoms with E-state index in [2.05, 4.69) is 23.3 Å². The molecule has 1 saturated heterocycles. The van der Waals surface area contributed by atoms with Gasteiger partial charge in [-0.05, 0) is 49.1 Å². The minimum absolute atomic E-state index is 0.0912. The van der Waals surface area contributed by atoms with Crippen LogP contribution in [-0.4, -0.2) is 49.4 Å². The van der Waals surface area contributed by atoms with Gasteiger partial charge in [-0.15, -0.1) is 0 Å². The Labute approximate surface area is 190 Å². The van der Waals surface area contributed by atoms with Gasteiger partial charge in [0.15, 0.2) is 16.6 Å². The van der Waals surface area contributed by atoms with Gasteiger partial charge in [0.05, 0.1) is 15.1 Å². The highest BCUT2D eigenvalue weighted by Gasteiger charge is 2.40. The Morgan fingerprint density at radius 1 is 1.19 bits per heavy atom. The molecule has 8 nitrogen and oxygen atoms in total. The summed E-state index contributed by atoms with van der Waals surface area (Å²) in [5.41, 5.74) is 2.01. The van der Waals surface area contributed by atoms with Crippen LogP contribution in [0, 0.1) is 0 Å². The van der Waals surface area contributed by atoms with Crippen molar-refractivity contribution < 1.29 is 22.7 Å². The number of rotatable bonds is 5. The summed E-state index contributed by atoms with van der Waals surface area (Å²) in [5.74, 6) is 0.560. The zero-order chi connectivity index (χ0) is 22.3. The largest absolute Gasteiger partial charge is 0.486 e. The number of ether oxygens (including phenoxy) is 2. The first kappa shape index (κ1) is 21.2. The van der Waals surface area contributed by atoms with Crippen LogP contribution >= 0.6 is 11.3 Å². The maximum Gasteiger partial charge on any atom is 0.244 e.